The second kappa shape index (κ2) is 6.74. The van der Waals surface area contributed by atoms with Crippen LogP contribution in [-0.4, -0.2) is 36.5 Å². The largest absolute Gasteiger partial charge is 0.490 e. The van der Waals surface area contributed by atoms with Crippen LogP contribution in [0.1, 0.15) is 25.5 Å². The molecule has 1 aromatic carbocycles. The van der Waals surface area contributed by atoms with Crippen LogP contribution in [0.3, 0.4) is 0 Å². The van der Waals surface area contributed by atoms with Gasteiger partial charge in [-0.05, 0) is 37.6 Å². The van der Waals surface area contributed by atoms with Crippen LogP contribution in [0.2, 0.25) is 0 Å². The van der Waals surface area contributed by atoms with Crippen LogP contribution in [0.5, 0.6) is 0 Å². The molecule has 0 fully saturated rings. The van der Waals surface area contributed by atoms with Crippen LogP contribution < -0.4 is 0 Å². The molecular weight excluding hydrogens is 369 g/mol. The minimum absolute atomic E-state index is 0.138. The van der Waals surface area contributed by atoms with Crippen molar-refractivity contribution < 1.29 is 22.6 Å². The molecule has 0 saturated carbocycles. The van der Waals surface area contributed by atoms with Gasteiger partial charge in [-0.15, -0.1) is 0 Å². The number of nitrogens with zero attached hydrogens (tertiary/aromatic N) is 2. The summed E-state index contributed by atoms with van der Waals surface area (Å²) in [7, 11) is 0. The maximum atomic E-state index is 13.5. The van der Waals surface area contributed by atoms with E-state index in [2.05, 4.69) is 9.98 Å². The minimum atomic E-state index is -4.51. The number of hydrogen-bond acceptors (Lipinski definition) is 4. The Hall–Kier alpha value is -2.67. The lowest BCUT2D eigenvalue weighted by molar-refractivity contribution is -0.0893. The minimum Gasteiger partial charge on any atom is -0.490 e. The molecule has 4 nitrogen and oxygen atoms in total. The molecule has 1 aromatic rings. The number of aliphatic imine (C=N–C) groups is 2. The second-order valence-corrected chi connectivity index (χ2v) is 7.02. The Morgan fingerprint density at radius 3 is 2.61 bits per heavy atom. The highest BCUT2D eigenvalue weighted by atomic mass is 19.4. The molecule has 0 saturated heterocycles. The SMILES string of the molecule is CC(C)OC1=CC=NC23O[C@H](c4ccccc4)CN=C2C=C(C(F)(F)F)C=C13. The number of alkyl halides is 3. The van der Waals surface area contributed by atoms with E-state index in [1.54, 1.807) is 6.08 Å². The van der Waals surface area contributed by atoms with E-state index in [1.807, 2.05) is 44.2 Å². The van der Waals surface area contributed by atoms with Crippen molar-refractivity contribution in [1.29, 1.82) is 0 Å². The number of hydrogen-bond donors (Lipinski definition) is 0. The molecule has 7 heteroatoms. The average Bonchev–Trinajstić information content (AvgIpc) is 2.65. The van der Waals surface area contributed by atoms with Gasteiger partial charge in [-0.2, -0.15) is 13.2 Å². The molecule has 2 atom stereocenters. The Morgan fingerprint density at radius 1 is 1.18 bits per heavy atom. The topological polar surface area (TPSA) is 43.2 Å². The summed E-state index contributed by atoms with van der Waals surface area (Å²) in [6, 6.07) is 9.45. The van der Waals surface area contributed by atoms with Gasteiger partial charge in [0.2, 0.25) is 5.72 Å². The van der Waals surface area contributed by atoms with Gasteiger partial charge in [-0.25, -0.2) is 4.99 Å². The molecule has 2 aliphatic heterocycles. The zero-order chi connectivity index (χ0) is 19.9. The zero-order valence-corrected chi connectivity index (χ0v) is 15.4. The van der Waals surface area contributed by atoms with Gasteiger partial charge < -0.3 is 9.47 Å². The van der Waals surface area contributed by atoms with Crippen molar-refractivity contribution in [2.75, 3.05) is 6.54 Å². The maximum Gasteiger partial charge on any atom is 0.416 e. The number of dihydropyridines is 1. The number of halogens is 3. The van der Waals surface area contributed by atoms with Crippen LogP contribution in [0.4, 0.5) is 13.2 Å². The first-order valence-electron chi connectivity index (χ1n) is 9.01. The van der Waals surface area contributed by atoms with Gasteiger partial charge in [-0.3, -0.25) is 4.99 Å². The molecule has 3 aliphatic rings. The quantitative estimate of drug-likeness (QED) is 0.752. The molecule has 4 rings (SSSR count). The summed E-state index contributed by atoms with van der Waals surface area (Å²) in [6.45, 7) is 3.84. The summed E-state index contributed by atoms with van der Waals surface area (Å²) in [5.74, 6) is 0.307. The molecule has 0 radical (unpaired) electrons. The van der Waals surface area contributed by atoms with Gasteiger partial charge >= 0.3 is 6.18 Å². The van der Waals surface area contributed by atoms with E-state index in [0.29, 0.717) is 5.76 Å². The molecule has 146 valence electrons. The van der Waals surface area contributed by atoms with E-state index >= 15 is 0 Å². The third-order valence-corrected chi connectivity index (χ3v) is 4.65. The number of rotatable bonds is 3. The van der Waals surface area contributed by atoms with E-state index in [0.717, 1.165) is 17.7 Å². The maximum absolute atomic E-state index is 13.5. The van der Waals surface area contributed by atoms with E-state index in [4.69, 9.17) is 9.47 Å². The number of ether oxygens (including phenoxy) is 2. The third kappa shape index (κ3) is 3.20. The van der Waals surface area contributed by atoms with Crippen LogP contribution in [0, 0.1) is 0 Å². The summed E-state index contributed by atoms with van der Waals surface area (Å²) in [5.41, 5.74) is -0.988. The van der Waals surface area contributed by atoms with E-state index in [9.17, 15) is 13.2 Å². The van der Waals surface area contributed by atoms with Gasteiger partial charge in [0.05, 0.1) is 29.5 Å². The van der Waals surface area contributed by atoms with E-state index in [1.165, 1.54) is 6.21 Å². The first-order valence-corrected chi connectivity index (χ1v) is 9.01. The predicted octanol–water partition coefficient (Wildman–Crippen LogP) is 4.72. The highest BCUT2D eigenvalue weighted by Crippen LogP contribution is 2.46. The van der Waals surface area contributed by atoms with Crippen molar-refractivity contribution >= 4 is 11.9 Å². The van der Waals surface area contributed by atoms with Crippen LogP contribution in [0.25, 0.3) is 0 Å². The molecule has 0 N–H and O–H groups in total. The number of benzene rings is 1. The van der Waals surface area contributed by atoms with E-state index < -0.39 is 23.6 Å². The van der Waals surface area contributed by atoms with Gasteiger partial charge in [0.25, 0.3) is 0 Å². The molecule has 0 aromatic heterocycles. The van der Waals surface area contributed by atoms with Crippen molar-refractivity contribution in [3.63, 3.8) is 0 Å². The smallest absolute Gasteiger partial charge is 0.416 e. The summed E-state index contributed by atoms with van der Waals surface area (Å²) >= 11 is 0. The first-order chi connectivity index (χ1) is 13.3. The van der Waals surface area contributed by atoms with Gasteiger partial charge in [0.15, 0.2) is 0 Å². The normalized spacial score (nSPS) is 26.6. The van der Waals surface area contributed by atoms with Crippen molar-refractivity contribution in [2.45, 2.75) is 38.0 Å². The standard InChI is InChI=1S/C21H19F3N2O2/c1-13(2)27-17-8-9-26-20-16(17)10-15(21(22,23)24)11-19(20)25-12-18(28-20)14-6-4-3-5-7-14/h3-11,13,18H,12H2,1-2H3/t18-,20?/m0/s1. The average molecular weight is 388 g/mol. The summed E-state index contributed by atoms with van der Waals surface area (Å²) < 4.78 is 52.5. The molecule has 1 aliphatic carbocycles. The molecule has 0 amide bonds. The van der Waals surface area contributed by atoms with Gasteiger partial charge in [-0.1, -0.05) is 30.3 Å². The lowest BCUT2D eigenvalue weighted by atomic mass is 9.85. The Kier molecular flexibility index (Phi) is 4.50. The fourth-order valence-corrected chi connectivity index (χ4v) is 3.44. The number of allylic oxidation sites excluding steroid dienone is 3. The zero-order valence-electron chi connectivity index (χ0n) is 15.4. The highest BCUT2D eigenvalue weighted by molar-refractivity contribution is 6.09. The van der Waals surface area contributed by atoms with Gasteiger partial charge in [0, 0.05) is 6.21 Å². The molecule has 1 spiro atoms. The summed E-state index contributed by atoms with van der Waals surface area (Å²) in [6.07, 6.45) is -0.0254. The molecule has 28 heavy (non-hydrogen) atoms. The molecule has 2 heterocycles. The Morgan fingerprint density at radius 2 is 1.93 bits per heavy atom. The van der Waals surface area contributed by atoms with Crippen molar-refractivity contribution in [2.24, 2.45) is 9.98 Å². The van der Waals surface area contributed by atoms with Crippen LogP contribution in [0.15, 0.2) is 75.5 Å². The molecular formula is C21H19F3N2O2. The van der Waals surface area contributed by atoms with Crippen molar-refractivity contribution in [3.8, 4) is 0 Å². The Bertz CT molecular complexity index is 927. The van der Waals surface area contributed by atoms with Crippen LogP contribution >= 0.6 is 0 Å². The third-order valence-electron chi connectivity index (χ3n) is 4.65. The monoisotopic (exact) mass is 388 g/mol. The summed E-state index contributed by atoms with van der Waals surface area (Å²) in [5, 5.41) is 0. The van der Waals surface area contributed by atoms with Crippen molar-refractivity contribution in [3.05, 3.63) is 71.0 Å². The lowest BCUT2D eigenvalue weighted by Crippen LogP contribution is -2.49. The van der Waals surface area contributed by atoms with Crippen molar-refractivity contribution in [1.82, 2.24) is 0 Å². The Balaban J connectivity index is 1.82. The summed E-state index contributed by atoms with van der Waals surface area (Å²) in [4.78, 5) is 8.88. The molecule has 1 unspecified atom stereocenters. The first kappa shape index (κ1) is 18.7. The molecule has 0 bridgehead atoms. The van der Waals surface area contributed by atoms with E-state index in [-0.39, 0.29) is 23.9 Å². The fourth-order valence-electron chi connectivity index (χ4n) is 3.44. The van der Waals surface area contributed by atoms with Crippen LogP contribution in [-0.2, 0) is 9.47 Å². The highest BCUT2D eigenvalue weighted by Gasteiger charge is 2.51. The lowest BCUT2D eigenvalue weighted by Gasteiger charge is -2.42. The fraction of sp³-hybridized carbons (Fsp3) is 0.333. The second-order valence-electron chi connectivity index (χ2n) is 7.02. The Labute approximate surface area is 160 Å². The van der Waals surface area contributed by atoms with Gasteiger partial charge in [0.1, 0.15) is 11.9 Å². The predicted molar refractivity (Wildman–Crippen MR) is 100 cm³/mol.